The molecule has 0 unspecified atom stereocenters. The Kier molecular flexibility index (Phi) is 4.73. The third kappa shape index (κ3) is 3.19. The molecule has 2 amide bonds. The lowest BCUT2D eigenvalue weighted by Gasteiger charge is -2.47. The molecule has 2 atom stereocenters. The minimum atomic E-state index is -0.669. The van der Waals surface area contributed by atoms with E-state index in [1.807, 2.05) is 41.8 Å². The number of para-hydroxylation sites is 1. The molecule has 0 aliphatic carbocycles. The zero-order chi connectivity index (χ0) is 23.4. The van der Waals surface area contributed by atoms with Gasteiger partial charge in [-0.25, -0.2) is 0 Å². The van der Waals surface area contributed by atoms with Gasteiger partial charge in [-0.1, -0.05) is 36.4 Å². The van der Waals surface area contributed by atoms with Gasteiger partial charge in [-0.2, -0.15) is 0 Å². The number of amides is 2. The minimum absolute atomic E-state index is 0.0196. The van der Waals surface area contributed by atoms with Crippen molar-refractivity contribution >= 4 is 39.7 Å². The van der Waals surface area contributed by atoms with Crippen LogP contribution in [-0.4, -0.2) is 44.1 Å². The third-order valence-corrected chi connectivity index (χ3v) is 7.53. The topological polar surface area (TPSA) is 99.5 Å². The molecule has 8 nitrogen and oxygen atoms in total. The number of nitro groups is 1. The van der Waals surface area contributed by atoms with Crippen molar-refractivity contribution < 1.29 is 14.5 Å². The summed E-state index contributed by atoms with van der Waals surface area (Å²) in [4.78, 5) is 45.9. The standard InChI is InChI=1S/C25H20N4O4S/c30-22-14-27(13-17-7-4-10-34-17)25(31)21-12-19-18-8-1-2-9-20(18)26-23(19)24(28(21)22)15-5-3-6-16(11-15)29(32)33/h1-11,21,24,26H,12-14H2/t21-,24-/m0/s1. The molecule has 0 bridgehead atoms. The lowest BCUT2D eigenvalue weighted by atomic mass is 9.86. The number of nitrogens with one attached hydrogen (secondary N) is 1. The van der Waals surface area contributed by atoms with Crippen LogP contribution in [0.15, 0.2) is 66.0 Å². The number of piperazine rings is 1. The van der Waals surface area contributed by atoms with E-state index in [1.165, 1.54) is 12.1 Å². The number of hydrogen-bond donors (Lipinski definition) is 1. The Bertz CT molecular complexity index is 1440. The van der Waals surface area contributed by atoms with E-state index in [2.05, 4.69) is 4.98 Å². The van der Waals surface area contributed by atoms with Crippen molar-refractivity contribution in [1.29, 1.82) is 0 Å². The third-order valence-electron chi connectivity index (χ3n) is 6.67. The number of rotatable bonds is 4. The van der Waals surface area contributed by atoms with Crippen LogP contribution >= 0.6 is 11.3 Å². The molecule has 2 aromatic heterocycles. The van der Waals surface area contributed by atoms with Gasteiger partial charge < -0.3 is 14.8 Å². The second-order valence-electron chi connectivity index (χ2n) is 8.61. The van der Waals surface area contributed by atoms with Crippen molar-refractivity contribution in [3.05, 3.63) is 97.9 Å². The molecule has 6 rings (SSSR count). The minimum Gasteiger partial charge on any atom is -0.356 e. The van der Waals surface area contributed by atoms with Crippen molar-refractivity contribution in [2.45, 2.75) is 25.0 Å². The van der Waals surface area contributed by atoms with Gasteiger partial charge in [0.2, 0.25) is 11.8 Å². The zero-order valence-corrected chi connectivity index (χ0v) is 18.8. The van der Waals surface area contributed by atoms with Crippen LogP contribution in [0.4, 0.5) is 5.69 Å². The Labute approximate surface area is 198 Å². The number of H-pyrrole nitrogens is 1. The van der Waals surface area contributed by atoms with Gasteiger partial charge >= 0.3 is 0 Å². The zero-order valence-electron chi connectivity index (χ0n) is 18.0. The number of aromatic nitrogens is 1. The quantitative estimate of drug-likeness (QED) is 0.358. The molecule has 170 valence electrons. The van der Waals surface area contributed by atoms with Crippen LogP contribution in [0, 0.1) is 10.1 Å². The molecule has 1 N–H and O–H groups in total. The predicted molar refractivity (Wildman–Crippen MR) is 127 cm³/mol. The summed E-state index contributed by atoms with van der Waals surface area (Å²) < 4.78 is 0. The first-order valence-electron chi connectivity index (χ1n) is 11.0. The molecule has 0 radical (unpaired) electrons. The summed E-state index contributed by atoms with van der Waals surface area (Å²) in [5.41, 5.74) is 3.27. The lowest BCUT2D eigenvalue weighted by molar-refractivity contribution is -0.384. The Morgan fingerprint density at radius 3 is 2.74 bits per heavy atom. The fourth-order valence-electron chi connectivity index (χ4n) is 5.20. The highest BCUT2D eigenvalue weighted by Crippen LogP contribution is 2.43. The van der Waals surface area contributed by atoms with Crippen molar-refractivity contribution in [1.82, 2.24) is 14.8 Å². The molecule has 0 saturated carbocycles. The van der Waals surface area contributed by atoms with Gasteiger partial charge in [-0.15, -0.1) is 11.3 Å². The van der Waals surface area contributed by atoms with E-state index in [0.29, 0.717) is 18.5 Å². The van der Waals surface area contributed by atoms with Crippen molar-refractivity contribution in [3.63, 3.8) is 0 Å². The summed E-state index contributed by atoms with van der Waals surface area (Å²) in [5.74, 6) is -0.263. The van der Waals surface area contributed by atoms with Gasteiger partial charge in [0.05, 0.1) is 17.5 Å². The fraction of sp³-hybridized carbons (Fsp3) is 0.200. The molecule has 2 aliphatic rings. The molecule has 4 heterocycles. The predicted octanol–water partition coefficient (Wildman–Crippen LogP) is 4.02. The first kappa shape index (κ1) is 20.6. The van der Waals surface area contributed by atoms with Crippen LogP contribution in [0.5, 0.6) is 0 Å². The van der Waals surface area contributed by atoms with Crippen molar-refractivity contribution in [2.75, 3.05) is 6.54 Å². The molecule has 34 heavy (non-hydrogen) atoms. The van der Waals surface area contributed by atoms with Crippen LogP contribution < -0.4 is 0 Å². The number of fused-ring (bicyclic) bond motifs is 4. The molecular weight excluding hydrogens is 452 g/mol. The number of carbonyl (C=O) groups excluding carboxylic acids is 2. The van der Waals surface area contributed by atoms with Crippen LogP contribution in [0.3, 0.4) is 0 Å². The Hall–Kier alpha value is -3.98. The van der Waals surface area contributed by atoms with E-state index in [-0.39, 0.29) is 24.0 Å². The summed E-state index contributed by atoms with van der Waals surface area (Å²) in [6.07, 6.45) is 0.399. The first-order valence-corrected chi connectivity index (χ1v) is 11.9. The summed E-state index contributed by atoms with van der Waals surface area (Å²) in [5, 5.41) is 14.4. The summed E-state index contributed by atoms with van der Waals surface area (Å²) in [6, 6.07) is 16.8. The molecule has 1 saturated heterocycles. The molecule has 2 aliphatic heterocycles. The Morgan fingerprint density at radius 2 is 1.94 bits per heavy atom. The van der Waals surface area contributed by atoms with E-state index in [4.69, 9.17) is 0 Å². The number of thiophene rings is 1. The van der Waals surface area contributed by atoms with Gasteiger partial charge in [0.1, 0.15) is 12.6 Å². The van der Waals surface area contributed by atoms with Gasteiger partial charge in [-0.05, 0) is 28.6 Å². The van der Waals surface area contributed by atoms with Gasteiger partial charge in [0.25, 0.3) is 5.69 Å². The van der Waals surface area contributed by atoms with Crippen LogP contribution in [0.2, 0.25) is 0 Å². The largest absolute Gasteiger partial charge is 0.356 e. The van der Waals surface area contributed by atoms with E-state index >= 15 is 0 Å². The molecule has 0 spiro atoms. The van der Waals surface area contributed by atoms with Gasteiger partial charge in [0.15, 0.2) is 0 Å². The smallest absolute Gasteiger partial charge is 0.269 e. The van der Waals surface area contributed by atoms with Crippen LogP contribution in [0.1, 0.15) is 27.7 Å². The highest BCUT2D eigenvalue weighted by atomic mass is 32.1. The molecule has 4 aromatic rings. The summed E-state index contributed by atoms with van der Waals surface area (Å²) in [6.45, 7) is 0.378. The first-order chi connectivity index (χ1) is 16.5. The summed E-state index contributed by atoms with van der Waals surface area (Å²) >= 11 is 1.56. The second-order valence-corrected chi connectivity index (χ2v) is 9.64. The van der Waals surface area contributed by atoms with Crippen LogP contribution in [-0.2, 0) is 22.6 Å². The highest BCUT2D eigenvalue weighted by molar-refractivity contribution is 7.09. The molecular formula is C25H20N4O4S. The average molecular weight is 473 g/mol. The molecule has 2 aromatic carbocycles. The Balaban J connectivity index is 1.49. The lowest BCUT2D eigenvalue weighted by Crippen LogP contribution is -2.62. The Morgan fingerprint density at radius 1 is 1.09 bits per heavy atom. The number of carbonyl (C=O) groups is 2. The number of nitro benzene ring substituents is 1. The van der Waals surface area contributed by atoms with E-state index in [9.17, 15) is 19.7 Å². The maximum absolute atomic E-state index is 13.7. The fourth-order valence-corrected chi connectivity index (χ4v) is 5.92. The monoisotopic (exact) mass is 472 g/mol. The highest BCUT2D eigenvalue weighted by Gasteiger charge is 2.48. The maximum Gasteiger partial charge on any atom is 0.269 e. The normalized spacial score (nSPS) is 19.9. The average Bonchev–Trinajstić information content (AvgIpc) is 3.48. The van der Waals surface area contributed by atoms with E-state index in [1.54, 1.807) is 33.3 Å². The van der Waals surface area contributed by atoms with Crippen molar-refractivity contribution in [2.24, 2.45) is 0 Å². The van der Waals surface area contributed by atoms with Crippen molar-refractivity contribution in [3.8, 4) is 0 Å². The second kappa shape index (κ2) is 7.81. The maximum atomic E-state index is 13.7. The number of hydrogen-bond acceptors (Lipinski definition) is 5. The van der Waals surface area contributed by atoms with Gasteiger partial charge in [0, 0.05) is 40.0 Å². The number of non-ortho nitro benzene ring substituents is 1. The molecule has 9 heteroatoms. The van der Waals surface area contributed by atoms with Gasteiger partial charge in [-0.3, -0.25) is 19.7 Å². The number of nitrogens with zero attached hydrogens (tertiary/aromatic N) is 3. The summed E-state index contributed by atoms with van der Waals surface area (Å²) in [7, 11) is 0. The molecule has 1 fully saturated rings. The van der Waals surface area contributed by atoms with E-state index in [0.717, 1.165) is 27.0 Å². The number of aromatic amines is 1. The van der Waals surface area contributed by atoms with E-state index < -0.39 is 17.0 Å². The van der Waals surface area contributed by atoms with Crippen LogP contribution in [0.25, 0.3) is 10.9 Å². The number of benzene rings is 2. The SMILES string of the molecule is O=C1[C@@H]2Cc3c([nH]c4ccccc34)[C@H](c3cccc([N+](=O)[O-])c3)N2C(=O)CN1Cc1cccs1.